The zero-order valence-corrected chi connectivity index (χ0v) is 44.7. The summed E-state index contributed by atoms with van der Waals surface area (Å²) in [5.74, 6) is -5.84. The van der Waals surface area contributed by atoms with Gasteiger partial charge in [-0.05, 0) is 71.8 Å². The molecule has 3 aliphatic heterocycles. The third kappa shape index (κ3) is 13.2. The van der Waals surface area contributed by atoms with E-state index in [1.807, 2.05) is 0 Å². The molecule has 84 heavy (non-hydrogen) atoms. The van der Waals surface area contributed by atoms with E-state index in [0.717, 1.165) is 24.3 Å². The standard InChI is InChI=1S/C55H60O29/c1-72-29-13-22(14-30(73-2)39(29)63)5-11-36(61)76-21-35-49(82-54-51(44(68)41(65)33(19-56)78-54)81-37(62)12-6-23-15-31(74-3)40(64)32(16-23)75-4)46(70)47(71)53(80-35)84-52-45(69)42(66)34(20-57)79-55(52)83-50-43(67)38-27(60)17-26(59)18-28(38)77-48(50)24-7-9-25(58)10-8-24/h5-18,33-35,41-42,44-47,49,51-60,63-66,68-71H,19-21H2,1-4H3/b11-5+,12-6+/t33?,34?,35?,41-,42+,44?,45?,46?,47?,49-,51-,52-,53+,54+,55+/m1/s1. The highest BCUT2D eigenvalue weighted by atomic mass is 16.8. The molecule has 13 N–H and O–H groups in total. The van der Waals surface area contributed by atoms with E-state index in [-0.39, 0.29) is 62.5 Å². The second kappa shape index (κ2) is 26.7. The van der Waals surface area contributed by atoms with Crippen LogP contribution in [-0.4, -0.2) is 219 Å². The summed E-state index contributed by atoms with van der Waals surface area (Å²) in [7, 11) is 5.08. The van der Waals surface area contributed by atoms with Crippen molar-refractivity contribution in [1.82, 2.24) is 0 Å². The molecular weight excluding hydrogens is 1120 g/mol. The number of aromatic hydroxyl groups is 5. The van der Waals surface area contributed by atoms with E-state index in [9.17, 15) is 80.8 Å². The number of benzene rings is 4. The molecule has 3 fully saturated rings. The average Bonchev–Trinajstić information content (AvgIpc) is 2.15. The van der Waals surface area contributed by atoms with Crippen LogP contribution in [0.4, 0.5) is 0 Å². The third-order valence-corrected chi connectivity index (χ3v) is 13.6. The van der Waals surface area contributed by atoms with Gasteiger partial charge in [-0.15, -0.1) is 0 Å². The first-order valence-corrected chi connectivity index (χ1v) is 25.3. The molecule has 7 unspecified atom stereocenters. The van der Waals surface area contributed by atoms with Gasteiger partial charge in [-0.3, -0.25) is 4.79 Å². The molecule has 15 atom stereocenters. The molecule has 5 aromatic rings. The number of hydrogen-bond donors (Lipinski definition) is 13. The van der Waals surface area contributed by atoms with Gasteiger partial charge >= 0.3 is 11.9 Å². The number of phenols is 5. The van der Waals surface area contributed by atoms with E-state index in [2.05, 4.69) is 0 Å². The van der Waals surface area contributed by atoms with Crippen molar-refractivity contribution in [1.29, 1.82) is 0 Å². The van der Waals surface area contributed by atoms with Crippen molar-refractivity contribution < 1.29 is 137 Å². The molecule has 0 spiro atoms. The Bertz CT molecular complexity index is 3200. The van der Waals surface area contributed by atoms with Crippen LogP contribution < -0.4 is 29.1 Å². The molecule has 0 bridgehead atoms. The Balaban J connectivity index is 1.13. The van der Waals surface area contributed by atoms with Crippen molar-refractivity contribution in [2.45, 2.75) is 92.1 Å². The van der Waals surface area contributed by atoms with Crippen molar-refractivity contribution >= 4 is 35.1 Å². The van der Waals surface area contributed by atoms with Crippen molar-refractivity contribution in [2.75, 3.05) is 48.3 Å². The molecule has 29 nitrogen and oxygen atoms in total. The van der Waals surface area contributed by atoms with Crippen LogP contribution >= 0.6 is 0 Å². The molecule has 0 amide bonds. The van der Waals surface area contributed by atoms with Crippen LogP contribution in [0.15, 0.2) is 82.0 Å². The Morgan fingerprint density at radius 2 is 1.04 bits per heavy atom. The second-order valence-corrected chi connectivity index (χ2v) is 19.0. The molecule has 4 aromatic carbocycles. The van der Waals surface area contributed by atoms with Crippen LogP contribution in [0.2, 0.25) is 0 Å². The van der Waals surface area contributed by atoms with Crippen LogP contribution in [-0.2, 0) is 42.7 Å². The predicted molar refractivity (Wildman–Crippen MR) is 281 cm³/mol. The molecule has 4 heterocycles. The van der Waals surface area contributed by atoms with Gasteiger partial charge in [0.05, 0.1) is 41.7 Å². The van der Waals surface area contributed by atoms with Crippen LogP contribution in [0.1, 0.15) is 11.1 Å². The summed E-state index contributed by atoms with van der Waals surface area (Å²) in [5, 5.41) is 141. The first-order valence-electron chi connectivity index (χ1n) is 25.3. The van der Waals surface area contributed by atoms with Gasteiger partial charge < -0.3 is 128 Å². The monoisotopic (exact) mass is 1180 g/mol. The Morgan fingerprint density at radius 1 is 0.548 bits per heavy atom. The zero-order valence-electron chi connectivity index (χ0n) is 44.7. The van der Waals surface area contributed by atoms with Crippen molar-refractivity contribution in [3.05, 3.63) is 94.2 Å². The average molecular weight is 1190 g/mol. The summed E-state index contributed by atoms with van der Waals surface area (Å²) in [6, 6.07) is 12.2. The quantitative estimate of drug-likeness (QED) is 0.0341. The largest absolute Gasteiger partial charge is 0.508 e. The Kier molecular flexibility index (Phi) is 19.7. The van der Waals surface area contributed by atoms with E-state index in [1.54, 1.807) is 0 Å². The number of esters is 2. The molecule has 29 heteroatoms. The molecule has 3 aliphatic rings. The minimum atomic E-state index is -2.35. The first-order chi connectivity index (χ1) is 40.1. The van der Waals surface area contributed by atoms with E-state index < -0.39 is 158 Å². The molecule has 1 aromatic heterocycles. The highest BCUT2D eigenvalue weighted by Crippen LogP contribution is 2.41. The zero-order chi connectivity index (χ0) is 60.8. The van der Waals surface area contributed by atoms with Crippen molar-refractivity contribution in [2.24, 2.45) is 0 Å². The Hall–Kier alpha value is -8.01. The number of phenolic OH excluding ortho intramolecular Hbond substituents is 5. The van der Waals surface area contributed by atoms with E-state index in [0.29, 0.717) is 0 Å². The minimum Gasteiger partial charge on any atom is -0.508 e. The number of fused-ring (bicyclic) bond motifs is 1. The summed E-state index contributed by atoms with van der Waals surface area (Å²) >= 11 is 0. The molecule has 0 radical (unpaired) electrons. The van der Waals surface area contributed by atoms with Gasteiger partial charge in [0.25, 0.3) is 0 Å². The van der Waals surface area contributed by atoms with Crippen LogP contribution in [0.3, 0.4) is 0 Å². The number of hydrogen-bond acceptors (Lipinski definition) is 29. The summed E-state index contributed by atoms with van der Waals surface area (Å²) in [6.45, 7) is -2.92. The Morgan fingerprint density at radius 3 is 1.57 bits per heavy atom. The number of rotatable bonds is 20. The number of methoxy groups -OCH3 is 4. The fourth-order valence-corrected chi connectivity index (χ4v) is 9.25. The maximum Gasteiger partial charge on any atom is 0.331 e. The highest BCUT2D eigenvalue weighted by Gasteiger charge is 2.55. The van der Waals surface area contributed by atoms with Crippen molar-refractivity contribution in [3.8, 4) is 68.8 Å². The topological polar surface area (TPSA) is 438 Å². The van der Waals surface area contributed by atoms with E-state index in [4.69, 9.17) is 61.3 Å². The van der Waals surface area contributed by atoms with Gasteiger partial charge in [-0.1, -0.05) is 0 Å². The lowest BCUT2D eigenvalue weighted by atomic mass is 9.96. The molecule has 0 aliphatic carbocycles. The smallest absolute Gasteiger partial charge is 0.331 e. The third-order valence-electron chi connectivity index (χ3n) is 13.6. The lowest BCUT2D eigenvalue weighted by Gasteiger charge is -2.48. The van der Waals surface area contributed by atoms with Gasteiger partial charge in [-0.25, -0.2) is 9.59 Å². The van der Waals surface area contributed by atoms with E-state index >= 15 is 0 Å². The summed E-state index contributed by atoms with van der Waals surface area (Å²) < 4.78 is 73.6. The van der Waals surface area contributed by atoms with E-state index in [1.165, 1.54) is 89.1 Å². The number of ether oxygens (including phenoxy) is 12. The number of aliphatic hydroxyl groups is 8. The molecule has 3 saturated heterocycles. The van der Waals surface area contributed by atoms with Gasteiger partial charge in [0, 0.05) is 29.8 Å². The predicted octanol–water partition coefficient (Wildman–Crippen LogP) is -0.622. The SMILES string of the molecule is COc1cc(/C=C/C(=O)OCC2O[C@@H](O[C@@H]3C(O)[C@@H](O)C(CO)O[C@H]3Oc3c(-c4ccc(O)cc4)oc4cc(O)cc(O)c4c3=O)C(O)C(O)[C@@H]2O[C@@H]2OC(CO)[C@@H](O)C(O)[C@H]2OC(=O)/C=C/c2cc(OC)c(O)c(OC)c2)cc(OC)c1O. The Labute approximate surface area is 474 Å². The molecule has 8 rings (SSSR count). The fourth-order valence-electron chi connectivity index (χ4n) is 9.25. The summed E-state index contributed by atoms with van der Waals surface area (Å²) in [5.41, 5.74) is -0.925. The van der Waals surface area contributed by atoms with Gasteiger partial charge in [0.15, 0.2) is 53.5 Å². The highest BCUT2D eigenvalue weighted by molar-refractivity contribution is 5.89. The maximum absolute atomic E-state index is 14.3. The van der Waals surface area contributed by atoms with Crippen LogP contribution in [0, 0.1) is 0 Å². The summed E-state index contributed by atoms with van der Waals surface area (Å²) in [4.78, 5) is 41.3. The lowest BCUT2D eigenvalue weighted by Crippen LogP contribution is -2.67. The first kappa shape index (κ1) is 62.0. The van der Waals surface area contributed by atoms with Crippen LogP contribution in [0.25, 0.3) is 34.4 Å². The summed E-state index contributed by atoms with van der Waals surface area (Å²) in [6.07, 6.45) is -26.6. The molecular formula is C55H60O29. The normalized spacial score (nSPS) is 28.0. The van der Waals surface area contributed by atoms with Gasteiger partial charge in [0.1, 0.15) is 95.9 Å². The fraction of sp³-hybridized carbons (Fsp3) is 0.400. The number of aliphatic hydroxyl groups excluding tert-OH is 8. The molecule has 454 valence electrons. The maximum atomic E-state index is 14.3. The van der Waals surface area contributed by atoms with Crippen LogP contribution in [0.5, 0.6) is 57.5 Å². The molecule has 0 saturated carbocycles. The minimum absolute atomic E-state index is 0.0271. The number of carbonyl (C=O) groups excluding carboxylic acids is 2. The second-order valence-electron chi connectivity index (χ2n) is 19.0. The van der Waals surface area contributed by atoms with Crippen molar-refractivity contribution in [3.63, 3.8) is 0 Å². The van der Waals surface area contributed by atoms with Gasteiger partial charge in [-0.2, -0.15) is 0 Å². The van der Waals surface area contributed by atoms with Gasteiger partial charge in [0.2, 0.25) is 29.0 Å². The lowest BCUT2D eigenvalue weighted by molar-refractivity contribution is -0.379. The number of carbonyl (C=O) groups is 2.